The highest BCUT2D eigenvalue weighted by Crippen LogP contribution is 2.22. The van der Waals surface area contributed by atoms with Gasteiger partial charge in [-0.25, -0.2) is 17.8 Å². The second kappa shape index (κ2) is 7.34. The lowest BCUT2D eigenvalue weighted by molar-refractivity contribution is 0.102. The van der Waals surface area contributed by atoms with E-state index in [1.54, 1.807) is 10.7 Å². The molecular formula is C19H20N4O3S. The molecule has 0 aliphatic carbocycles. The van der Waals surface area contributed by atoms with E-state index in [1.807, 2.05) is 38.1 Å². The molecule has 0 atom stereocenters. The molecule has 2 N–H and O–H groups in total. The van der Waals surface area contributed by atoms with E-state index in [4.69, 9.17) is 0 Å². The van der Waals surface area contributed by atoms with Crippen LogP contribution in [0.4, 0.5) is 5.69 Å². The first kappa shape index (κ1) is 18.8. The molecule has 7 nitrogen and oxygen atoms in total. The fourth-order valence-corrected chi connectivity index (χ4v) is 3.46. The summed E-state index contributed by atoms with van der Waals surface area (Å²) in [5.74, 6) is -0.336. The molecule has 0 aliphatic rings. The average Bonchev–Trinajstić information content (AvgIpc) is 3.00. The van der Waals surface area contributed by atoms with E-state index in [-0.39, 0.29) is 10.8 Å². The third-order valence-corrected chi connectivity index (χ3v) is 5.52. The third-order valence-electron chi connectivity index (χ3n) is 4.09. The predicted molar refractivity (Wildman–Crippen MR) is 104 cm³/mol. The highest BCUT2D eigenvalue weighted by atomic mass is 32.2. The van der Waals surface area contributed by atoms with Gasteiger partial charge in [-0.05, 0) is 63.4 Å². The number of aryl methyl sites for hydroxylation is 2. The first-order chi connectivity index (χ1) is 12.8. The Hall–Kier alpha value is -2.97. The lowest BCUT2D eigenvalue weighted by Gasteiger charge is -2.12. The van der Waals surface area contributed by atoms with Crippen molar-refractivity contribution in [1.82, 2.24) is 14.5 Å². The Kier molecular flexibility index (Phi) is 5.11. The Morgan fingerprint density at radius 2 is 1.70 bits per heavy atom. The molecule has 0 radical (unpaired) electrons. The van der Waals surface area contributed by atoms with E-state index in [9.17, 15) is 13.2 Å². The number of sulfonamides is 1. The van der Waals surface area contributed by atoms with Crippen molar-refractivity contribution in [2.24, 2.45) is 0 Å². The van der Waals surface area contributed by atoms with Gasteiger partial charge in [-0.3, -0.25) is 4.79 Å². The Labute approximate surface area is 158 Å². The number of carbonyl (C=O) groups is 1. The standard InChI is InChI=1S/C19H20N4O3S/c1-13-12-14(2)23(22-13)18-7-5-4-6-17(18)21-19(24)15-8-10-16(11-9-15)27(25,26)20-3/h4-12,20H,1-3H3,(H,21,24). The number of carbonyl (C=O) groups excluding carboxylic acids is 1. The molecule has 0 aliphatic heterocycles. The SMILES string of the molecule is CNS(=O)(=O)c1ccc(C(=O)Nc2ccccc2-n2nc(C)cc2C)cc1. The maximum absolute atomic E-state index is 12.6. The van der Waals surface area contributed by atoms with E-state index >= 15 is 0 Å². The number of amides is 1. The van der Waals surface area contributed by atoms with Crippen molar-refractivity contribution < 1.29 is 13.2 Å². The number of nitrogens with zero attached hydrogens (tertiary/aromatic N) is 2. The van der Waals surface area contributed by atoms with Crippen LogP contribution in [0.1, 0.15) is 21.7 Å². The molecule has 2 aromatic carbocycles. The summed E-state index contributed by atoms with van der Waals surface area (Å²) in [4.78, 5) is 12.7. The topological polar surface area (TPSA) is 93.1 Å². The normalized spacial score (nSPS) is 11.4. The molecule has 1 amide bonds. The maximum Gasteiger partial charge on any atom is 0.255 e. The van der Waals surface area contributed by atoms with Gasteiger partial charge in [-0.1, -0.05) is 12.1 Å². The minimum atomic E-state index is -3.54. The summed E-state index contributed by atoms with van der Waals surface area (Å²) in [5, 5.41) is 7.33. The predicted octanol–water partition coefficient (Wildman–Crippen LogP) is 2.65. The summed E-state index contributed by atoms with van der Waals surface area (Å²) in [6.45, 7) is 3.85. The smallest absolute Gasteiger partial charge is 0.255 e. The van der Waals surface area contributed by atoms with Crippen molar-refractivity contribution in [3.63, 3.8) is 0 Å². The van der Waals surface area contributed by atoms with Gasteiger partial charge >= 0.3 is 0 Å². The molecule has 0 spiro atoms. The van der Waals surface area contributed by atoms with Crippen LogP contribution in [0.2, 0.25) is 0 Å². The number of para-hydroxylation sites is 2. The van der Waals surface area contributed by atoms with Gasteiger partial charge in [0.25, 0.3) is 5.91 Å². The largest absolute Gasteiger partial charge is 0.320 e. The van der Waals surface area contributed by atoms with Crippen molar-refractivity contribution in [1.29, 1.82) is 0 Å². The zero-order valence-electron chi connectivity index (χ0n) is 15.2. The molecule has 0 saturated carbocycles. The van der Waals surface area contributed by atoms with Crippen molar-refractivity contribution in [2.45, 2.75) is 18.7 Å². The van der Waals surface area contributed by atoms with Crippen LogP contribution in [0.25, 0.3) is 5.69 Å². The van der Waals surface area contributed by atoms with Crippen molar-refractivity contribution >= 4 is 21.6 Å². The highest BCUT2D eigenvalue weighted by Gasteiger charge is 2.15. The first-order valence-corrected chi connectivity index (χ1v) is 9.78. The number of rotatable bonds is 5. The molecule has 0 bridgehead atoms. The van der Waals surface area contributed by atoms with Crippen LogP contribution < -0.4 is 10.0 Å². The summed E-state index contributed by atoms with van der Waals surface area (Å²) in [6.07, 6.45) is 0. The van der Waals surface area contributed by atoms with Crippen LogP contribution >= 0.6 is 0 Å². The summed E-state index contributed by atoms with van der Waals surface area (Å²) >= 11 is 0. The van der Waals surface area contributed by atoms with Gasteiger partial charge in [0.1, 0.15) is 0 Å². The van der Waals surface area contributed by atoms with Gasteiger partial charge in [-0.15, -0.1) is 0 Å². The minimum Gasteiger partial charge on any atom is -0.320 e. The van der Waals surface area contributed by atoms with Gasteiger partial charge in [0.15, 0.2) is 0 Å². The zero-order valence-corrected chi connectivity index (χ0v) is 16.0. The van der Waals surface area contributed by atoms with Crippen LogP contribution in [-0.4, -0.2) is 31.2 Å². The minimum absolute atomic E-state index is 0.101. The molecule has 0 unspecified atom stereocenters. The Morgan fingerprint density at radius 3 is 2.30 bits per heavy atom. The van der Waals surface area contributed by atoms with Crippen molar-refractivity contribution in [3.8, 4) is 5.69 Å². The van der Waals surface area contributed by atoms with Crippen LogP contribution in [0.5, 0.6) is 0 Å². The summed E-state index contributed by atoms with van der Waals surface area (Å²) in [6, 6.07) is 15.1. The van der Waals surface area contributed by atoms with Gasteiger partial charge in [0, 0.05) is 11.3 Å². The fourth-order valence-electron chi connectivity index (χ4n) is 2.73. The lowest BCUT2D eigenvalue weighted by atomic mass is 10.2. The quantitative estimate of drug-likeness (QED) is 0.707. The van der Waals surface area contributed by atoms with Crippen molar-refractivity contribution in [3.05, 3.63) is 71.5 Å². The molecule has 0 fully saturated rings. The van der Waals surface area contributed by atoms with E-state index in [1.165, 1.54) is 31.3 Å². The van der Waals surface area contributed by atoms with Gasteiger partial charge < -0.3 is 5.32 Å². The molecule has 3 aromatic rings. The van der Waals surface area contributed by atoms with E-state index in [0.717, 1.165) is 17.1 Å². The number of nitrogens with one attached hydrogen (secondary N) is 2. The monoisotopic (exact) mass is 384 g/mol. The molecule has 0 saturated heterocycles. The Bertz CT molecular complexity index is 1090. The van der Waals surface area contributed by atoms with Gasteiger partial charge in [-0.2, -0.15) is 5.10 Å². The Balaban J connectivity index is 1.88. The molecule has 3 rings (SSSR count). The summed E-state index contributed by atoms with van der Waals surface area (Å²) < 4.78 is 27.6. The molecule has 27 heavy (non-hydrogen) atoms. The van der Waals surface area contributed by atoms with Crippen LogP contribution in [0.15, 0.2) is 59.5 Å². The van der Waals surface area contributed by atoms with Crippen LogP contribution in [-0.2, 0) is 10.0 Å². The number of hydrogen-bond acceptors (Lipinski definition) is 4. The summed E-state index contributed by atoms with van der Waals surface area (Å²) in [7, 11) is -2.20. The van der Waals surface area contributed by atoms with Gasteiger partial charge in [0.05, 0.1) is 22.0 Å². The number of hydrogen-bond donors (Lipinski definition) is 2. The summed E-state index contributed by atoms with van der Waals surface area (Å²) in [5.41, 5.74) is 3.56. The molecule has 140 valence electrons. The molecular weight excluding hydrogens is 364 g/mol. The lowest BCUT2D eigenvalue weighted by Crippen LogP contribution is -2.19. The molecule has 1 aromatic heterocycles. The maximum atomic E-state index is 12.6. The Morgan fingerprint density at radius 1 is 1.04 bits per heavy atom. The van der Waals surface area contributed by atoms with Crippen LogP contribution in [0, 0.1) is 13.8 Å². The number of anilines is 1. The first-order valence-electron chi connectivity index (χ1n) is 8.29. The zero-order chi connectivity index (χ0) is 19.6. The third kappa shape index (κ3) is 3.91. The van der Waals surface area contributed by atoms with Crippen molar-refractivity contribution in [2.75, 3.05) is 12.4 Å². The number of aromatic nitrogens is 2. The van der Waals surface area contributed by atoms with Gasteiger partial charge in [0.2, 0.25) is 10.0 Å². The van der Waals surface area contributed by atoms with E-state index < -0.39 is 10.0 Å². The van der Waals surface area contributed by atoms with Crippen LogP contribution in [0.3, 0.4) is 0 Å². The molecule has 1 heterocycles. The highest BCUT2D eigenvalue weighted by molar-refractivity contribution is 7.89. The fraction of sp³-hybridized carbons (Fsp3) is 0.158. The number of benzene rings is 2. The second-order valence-corrected chi connectivity index (χ2v) is 7.93. The second-order valence-electron chi connectivity index (χ2n) is 6.04. The van der Waals surface area contributed by atoms with E-state index in [0.29, 0.717) is 11.3 Å². The van der Waals surface area contributed by atoms with E-state index in [2.05, 4.69) is 15.1 Å². The molecule has 8 heteroatoms. The average molecular weight is 384 g/mol.